The molecule has 1 amide bonds. The molecule has 0 heterocycles. The van der Waals surface area contributed by atoms with Crippen molar-refractivity contribution < 1.29 is 4.79 Å². The van der Waals surface area contributed by atoms with Gasteiger partial charge in [-0.1, -0.05) is 30.3 Å². The molecule has 0 aliphatic carbocycles. The summed E-state index contributed by atoms with van der Waals surface area (Å²) < 4.78 is 0. The first-order chi connectivity index (χ1) is 10.2. The third-order valence-electron chi connectivity index (χ3n) is 3.21. The average Bonchev–Trinajstić information content (AvgIpc) is 2.54. The molecule has 0 fully saturated rings. The van der Waals surface area contributed by atoms with Crippen molar-refractivity contribution in [2.24, 2.45) is 5.73 Å². The third-order valence-corrected chi connectivity index (χ3v) is 3.21. The lowest BCUT2D eigenvalue weighted by molar-refractivity contribution is -0.116. The molecule has 1 atom stereocenters. The number of nitrogens with two attached hydrogens (primary N) is 1. The number of nitrogens with one attached hydrogen (secondary N) is 1. The first-order valence-corrected chi connectivity index (χ1v) is 6.79. The minimum atomic E-state index is -0.141. The number of nitrogens with zero attached hydrogens (tertiary/aromatic N) is 1. The van der Waals surface area contributed by atoms with Gasteiger partial charge in [0, 0.05) is 18.2 Å². The van der Waals surface area contributed by atoms with Gasteiger partial charge in [0.1, 0.15) is 0 Å². The largest absolute Gasteiger partial charge is 0.326 e. The van der Waals surface area contributed by atoms with Crippen LogP contribution in [0.5, 0.6) is 0 Å². The summed E-state index contributed by atoms with van der Waals surface area (Å²) >= 11 is 0. The molecule has 106 valence electrons. The van der Waals surface area contributed by atoms with Crippen LogP contribution in [0.1, 0.15) is 30.0 Å². The second-order valence-corrected chi connectivity index (χ2v) is 4.79. The quantitative estimate of drug-likeness (QED) is 0.883. The van der Waals surface area contributed by atoms with Crippen molar-refractivity contribution in [2.75, 3.05) is 5.32 Å². The minimum absolute atomic E-state index is 0.0777. The number of hydrogen-bond acceptors (Lipinski definition) is 3. The van der Waals surface area contributed by atoms with Crippen molar-refractivity contribution in [3.8, 4) is 6.07 Å². The van der Waals surface area contributed by atoms with Gasteiger partial charge in [0.15, 0.2) is 0 Å². The van der Waals surface area contributed by atoms with E-state index >= 15 is 0 Å². The molecule has 2 rings (SSSR count). The third kappa shape index (κ3) is 4.44. The molecule has 1 unspecified atom stereocenters. The lowest BCUT2D eigenvalue weighted by atomic mass is 10.0. The van der Waals surface area contributed by atoms with E-state index in [1.54, 1.807) is 24.3 Å². The first kappa shape index (κ1) is 14.8. The Kier molecular flexibility index (Phi) is 5.08. The van der Waals surface area contributed by atoms with Crippen LogP contribution in [0.2, 0.25) is 0 Å². The fraction of sp³-hybridized carbons (Fsp3) is 0.176. The number of carbonyl (C=O) groups is 1. The lowest BCUT2D eigenvalue weighted by Crippen LogP contribution is -2.16. The van der Waals surface area contributed by atoms with Gasteiger partial charge in [-0.2, -0.15) is 5.26 Å². The van der Waals surface area contributed by atoms with Crippen LogP contribution in [0.15, 0.2) is 54.6 Å². The maximum Gasteiger partial charge on any atom is 0.224 e. The average molecular weight is 279 g/mol. The summed E-state index contributed by atoms with van der Waals surface area (Å²) in [5.74, 6) is -0.0777. The van der Waals surface area contributed by atoms with E-state index in [0.717, 1.165) is 5.56 Å². The lowest BCUT2D eigenvalue weighted by Gasteiger charge is -2.11. The summed E-state index contributed by atoms with van der Waals surface area (Å²) in [6.07, 6.45) is 0.947. The van der Waals surface area contributed by atoms with Gasteiger partial charge in [0.05, 0.1) is 11.6 Å². The molecule has 2 aromatic carbocycles. The van der Waals surface area contributed by atoms with E-state index < -0.39 is 0 Å². The highest BCUT2D eigenvalue weighted by Gasteiger charge is 2.09. The molecular formula is C17H17N3O. The van der Waals surface area contributed by atoms with Gasteiger partial charge in [-0.3, -0.25) is 4.79 Å². The number of anilines is 1. The summed E-state index contributed by atoms with van der Waals surface area (Å²) in [5.41, 5.74) is 8.35. The predicted octanol–water partition coefficient (Wildman–Crippen LogP) is 2.98. The molecule has 0 radical (unpaired) electrons. The highest BCUT2D eigenvalue weighted by Crippen LogP contribution is 2.16. The second-order valence-electron chi connectivity index (χ2n) is 4.79. The topological polar surface area (TPSA) is 78.9 Å². The molecule has 0 aromatic heterocycles. The molecule has 4 heteroatoms. The van der Waals surface area contributed by atoms with Crippen molar-refractivity contribution in [1.29, 1.82) is 5.26 Å². The van der Waals surface area contributed by atoms with Crippen molar-refractivity contribution in [2.45, 2.75) is 18.9 Å². The molecule has 0 spiro atoms. The fourth-order valence-corrected chi connectivity index (χ4v) is 2.01. The van der Waals surface area contributed by atoms with Crippen molar-refractivity contribution >= 4 is 11.6 Å². The monoisotopic (exact) mass is 279 g/mol. The van der Waals surface area contributed by atoms with E-state index in [9.17, 15) is 4.79 Å². The molecule has 0 saturated heterocycles. The van der Waals surface area contributed by atoms with Crippen LogP contribution >= 0.6 is 0 Å². The van der Waals surface area contributed by atoms with E-state index in [4.69, 9.17) is 11.0 Å². The van der Waals surface area contributed by atoms with Gasteiger partial charge in [0.25, 0.3) is 0 Å². The van der Waals surface area contributed by atoms with Crippen LogP contribution in [0.25, 0.3) is 0 Å². The molecule has 2 aromatic rings. The Hall–Kier alpha value is -2.64. The number of rotatable bonds is 5. The molecule has 0 bridgehead atoms. The van der Waals surface area contributed by atoms with Crippen LogP contribution in [-0.2, 0) is 4.79 Å². The minimum Gasteiger partial charge on any atom is -0.326 e. The number of nitriles is 1. The summed E-state index contributed by atoms with van der Waals surface area (Å²) in [4.78, 5) is 11.9. The Morgan fingerprint density at radius 3 is 2.43 bits per heavy atom. The van der Waals surface area contributed by atoms with Crippen molar-refractivity contribution in [3.05, 3.63) is 65.7 Å². The zero-order valence-electron chi connectivity index (χ0n) is 11.6. The van der Waals surface area contributed by atoms with E-state index in [1.807, 2.05) is 36.4 Å². The number of hydrogen-bond donors (Lipinski definition) is 2. The van der Waals surface area contributed by atoms with Gasteiger partial charge in [-0.05, 0) is 36.2 Å². The van der Waals surface area contributed by atoms with Gasteiger partial charge < -0.3 is 11.1 Å². The first-order valence-electron chi connectivity index (χ1n) is 6.79. The van der Waals surface area contributed by atoms with Gasteiger partial charge in [-0.15, -0.1) is 0 Å². The zero-order valence-corrected chi connectivity index (χ0v) is 11.6. The number of carbonyl (C=O) groups excluding carboxylic acids is 1. The van der Waals surface area contributed by atoms with Crippen LogP contribution in [-0.4, -0.2) is 5.91 Å². The molecule has 21 heavy (non-hydrogen) atoms. The summed E-state index contributed by atoms with van der Waals surface area (Å²) in [7, 11) is 0. The Bertz CT molecular complexity index is 629. The Labute approximate surface area is 124 Å². The number of benzene rings is 2. The van der Waals surface area contributed by atoms with Crippen LogP contribution < -0.4 is 11.1 Å². The molecule has 3 N–H and O–H groups in total. The molecule has 0 saturated carbocycles. The van der Waals surface area contributed by atoms with Crippen LogP contribution in [0.4, 0.5) is 5.69 Å². The van der Waals surface area contributed by atoms with Gasteiger partial charge in [-0.25, -0.2) is 0 Å². The van der Waals surface area contributed by atoms with E-state index in [2.05, 4.69) is 5.32 Å². The van der Waals surface area contributed by atoms with Crippen LogP contribution in [0, 0.1) is 11.3 Å². The maximum atomic E-state index is 11.9. The van der Waals surface area contributed by atoms with Crippen molar-refractivity contribution in [3.63, 3.8) is 0 Å². The molecule has 4 nitrogen and oxygen atoms in total. The predicted molar refractivity (Wildman–Crippen MR) is 82.4 cm³/mol. The standard InChI is InChI=1S/C17H17N3O/c18-12-13-6-8-15(9-7-13)20-17(21)11-10-16(19)14-4-2-1-3-5-14/h1-9,16H,10-11,19H2,(H,20,21). The summed E-state index contributed by atoms with van der Waals surface area (Å²) in [6, 6.07) is 18.4. The van der Waals surface area contributed by atoms with E-state index in [0.29, 0.717) is 24.1 Å². The fourth-order valence-electron chi connectivity index (χ4n) is 2.01. The van der Waals surface area contributed by atoms with Gasteiger partial charge >= 0.3 is 0 Å². The molecule has 0 aliphatic heterocycles. The van der Waals surface area contributed by atoms with Crippen LogP contribution in [0.3, 0.4) is 0 Å². The molecular weight excluding hydrogens is 262 g/mol. The van der Waals surface area contributed by atoms with E-state index in [-0.39, 0.29) is 11.9 Å². The highest BCUT2D eigenvalue weighted by molar-refractivity contribution is 5.90. The number of amides is 1. The Morgan fingerprint density at radius 1 is 1.14 bits per heavy atom. The smallest absolute Gasteiger partial charge is 0.224 e. The maximum absolute atomic E-state index is 11.9. The second kappa shape index (κ2) is 7.22. The SMILES string of the molecule is N#Cc1ccc(NC(=O)CCC(N)c2ccccc2)cc1. The van der Waals surface area contributed by atoms with Gasteiger partial charge in [0.2, 0.25) is 5.91 Å². The highest BCUT2D eigenvalue weighted by atomic mass is 16.1. The Morgan fingerprint density at radius 2 is 1.81 bits per heavy atom. The summed E-state index contributed by atoms with van der Waals surface area (Å²) in [6.45, 7) is 0. The molecule has 0 aliphatic rings. The van der Waals surface area contributed by atoms with E-state index in [1.165, 1.54) is 0 Å². The summed E-state index contributed by atoms with van der Waals surface area (Å²) in [5, 5.41) is 11.5. The zero-order chi connectivity index (χ0) is 15.1. The normalized spacial score (nSPS) is 11.4. The van der Waals surface area contributed by atoms with Crippen molar-refractivity contribution in [1.82, 2.24) is 0 Å². The Balaban J connectivity index is 1.83.